The SMILES string of the molecule is Br.Br.c1ccnnc1. The zero-order valence-corrected chi connectivity index (χ0v) is 7.45. The summed E-state index contributed by atoms with van der Waals surface area (Å²) in [5.74, 6) is 0. The Bertz CT molecular complexity index is 84.0. The van der Waals surface area contributed by atoms with Gasteiger partial charge >= 0.3 is 0 Å². The van der Waals surface area contributed by atoms with Crippen molar-refractivity contribution >= 4 is 34.0 Å². The fourth-order valence-corrected chi connectivity index (χ4v) is 0.253. The molecule has 0 saturated carbocycles. The maximum absolute atomic E-state index is 3.53. The first kappa shape index (κ1) is 10.9. The third kappa shape index (κ3) is 4.21. The van der Waals surface area contributed by atoms with Crippen LogP contribution in [-0.2, 0) is 0 Å². The molecule has 1 rings (SSSR count). The van der Waals surface area contributed by atoms with Gasteiger partial charge in [-0.2, -0.15) is 10.2 Å². The quantitative estimate of drug-likeness (QED) is 0.690. The first-order valence-corrected chi connectivity index (χ1v) is 1.72. The van der Waals surface area contributed by atoms with Crippen molar-refractivity contribution in [3.05, 3.63) is 24.5 Å². The van der Waals surface area contributed by atoms with E-state index in [1.807, 2.05) is 12.1 Å². The third-order valence-corrected chi connectivity index (χ3v) is 0.483. The van der Waals surface area contributed by atoms with Crippen LogP contribution in [0.2, 0.25) is 0 Å². The van der Waals surface area contributed by atoms with E-state index in [1.165, 1.54) is 0 Å². The highest BCUT2D eigenvalue weighted by Gasteiger charge is 1.59. The van der Waals surface area contributed by atoms with Gasteiger partial charge in [0.05, 0.1) is 0 Å². The summed E-state index contributed by atoms with van der Waals surface area (Å²) in [5, 5.41) is 7.07. The number of hydrogen-bond acceptors (Lipinski definition) is 2. The minimum absolute atomic E-state index is 0. The summed E-state index contributed by atoms with van der Waals surface area (Å²) in [6.45, 7) is 0. The zero-order chi connectivity index (χ0) is 4.24. The van der Waals surface area contributed by atoms with Crippen molar-refractivity contribution in [2.24, 2.45) is 0 Å². The summed E-state index contributed by atoms with van der Waals surface area (Å²) in [4.78, 5) is 0. The average Bonchev–Trinajstić information content (AvgIpc) is 1.72. The largest absolute Gasteiger partial charge is 0.159 e. The summed E-state index contributed by atoms with van der Waals surface area (Å²) in [6.07, 6.45) is 3.28. The highest BCUT2D eigenvalue weighted by atomic mass is 79.9. The Balaban J connectivity index is 0. The van der Waals surface area contributed by atoms with Crippen molar-refractivity contribution in [1.82, 2.24) is 10.2 Å². The summed E-state index contributed by atoms with van der Waals surface area (Å²) in [7, 11) is 0. The van der Waals surface area contributed by atoms with Gasteiger partial charge in [0.2, 0.25) is 0 Å². The molecule has 0 spiro atoms. The summed E-state index contributed by atoms with van der Waals surface area (Å²) in [6, 6.07) is 3.65. The third-order valence-electron chi connectivity index (χ3n) is 0.483. The predicted octanol–water partition coefficient (Wildman–Crippen LogP) is 1.63. The molecule has 0 bridgehead atoms. The van der Waals surface area contributed by atoms with Gasteiger partial charge in [-0.1, -0.05) is 0 Å². The molecule has 0 saturated heterocycles. The number of nitrogens with zero attached hydrogens (tertiary/aromatic N) is 2. The highest BCUT2D eigenvalue weighted by Crippen LogP contribution is 1.68. The Morgan fingerprint density at radius 1 is 0.750 bits per heavy atom. The lowest BCUT2D eigenvalue weighted by Gasteiger charge is -1.69. The molecule has 0 atom stereocenters. The van der Waals surface area contributed by atoms with E-state index < -0.39 is 0 Å². The van der Waals surface area contributed by atoms with Crippen LogP contribution in [-0.4, -0.2) is 10.2 Å². The van der Waals surface area contributed by atoms with Gasteiger partial charge in [0.1, 0.15) is 0 Å². The van der Waals surface area contributed by atoms with Gasteiger partial charge in [-0.15, -0.1) is 34.0 Å². The van der Waals surface area contributed by atoms with Gasteiger partial charge in [0.25, 0.3) is 0 Å². The van der Waals surface area contributed by atoms with Crippen LogP contribution >= 0.6 is 34.0 Å². The van der Waals surface area contributed by atoms with Crippen LogP contribution < -0.4 is 0 Å². The summed E-state index contributed by atoms with van der Waals surface area (Å²) >= 11 is 0. The van der Waals surface area contributed by atoms with Gasteiger partial charge in [0.15, 0.2) is 0 Å². The molecule has 0 radical (unpaired) electrons. The van der Waals surface area contributed by atoms with Gasteiger partial charge in [-0.3, -0.25) is 0 Å². The molecule has 8 heavy (non-hydrogen) atoms. The molecule has 46 valence electrons. The lowest BCUT2D eigenvalue weighted by molar-refractivity contribution is 1.03. The second-order valence-electron chi connectivity index (χ2n) is 0.914. The van der Waals surface area contributed by atoms with Crippen molar-refractivity contribution in [2.45, 2.75) is 0 Å². The fraction of sp³-hybridized carbons (Fsp3) is 0. The topological polar surface area (TPSA) is 25.8 Å². The van der Waals surface area contributed by atoms with Crippen LogP contribution in [0.1, 0.15) is 0 Å². The van der Waals surface area contributed by atoms with E-state index in [-0.39, 0.29) is 34.0 Å². The van der Waals surface area contributed by atoms with Crippen molar-refractivity contribution in [1.29, 1.82) is 0 Å². The molecule has 0 N–H and O–H groups in total. The first-order chi connectivity index (χ1) is 3.00. The summed E-state index contributed by atoms with van der Waals surface area (Å²) in [5.41, 5.74) is 0. The molecule has 1 aromatic heterocycles. The van der Waals surface area contributed by atoms with E-state index in [9.17, 15) is 0 Å². The van der Waals surface area contributed by atoms with Gasteiger partial charge in [-0.05, 0) is 12.1 Å². The minimum atomic E-state index is 0. The zero-order valence-electron chi connectivity index (χ0n) is 4.02. The second-order valence-corrected chi connectivity index (χ2v) is 0.914. The van der Waals surface area contributed by atoms with Crippen LogP contribution in [0, 0.1) is 0 Å². The van der Waals surface area contributed by atoms with Crippen LogP contribution in [0.3, 0.4) is 0 Å². The van der Waals surface area contributed by atoms with E-state index in [4.69, 9.17) is 0 Å². The molecular weight excluding hydrogens is 236 g/mol. The van der Waals surface area contributed by atoms with E-state index in [2.05, 4.69) is 10.2 Å². The lowest BCUT2D eigenvalue weighted by atomic mass is 10.6. The van der Waals surface area contributed by atoms with Crippen molar-refractivity contribution in [2.75, 3.05) is 0 Å². The molecular formula is C4H6Br2N2. The van der Waals surface area contributed by atoms with E-state index >= 15 is 0 Å². The molecule has 0 aliphatic rings. The fourth-order valence-electron chi connectivity index (χ4n) is 0.253. The molecule has 0 unspecified atom stereocenters. The van der Waals surface area contributed by atoms with E-state index in [0.717, 1.165) is 0 Å². The van der Waals surface area contributed by atoms with Crippen molar-refractivity contribution in [3.63, 3.8) is 0 Å². The molecule has 2 nitrogen and oxygen atoms in total. The maximum atomic E-state index is 3.53. The van der Waals surface area contributed by atoms with E-state index in [0.29, 0.717) is 0 Å². The molecule has 0 aromatic carbocycles. The number of hydrogen-bond donors (Lipinski definition) is 0. The average molecular weight is 242 g/mol. The minimum Gasteiger partial charge on any atom is -0.159 e. The Labute approximate surface area is 68.9 Å². The molecule has 0 aliphatic carbocycles. The second kappa shape index (κ2) is 7.04. The molecule has 1 aromatic rings. The number of halogens is 2. The smallest absolute Gasteiger partial charge is 0.0496 e. The molecule has 0 fully saturated rings. The van der Waals surface area contributed by atoms with E-state index in [1.54, 1.807) is 12.4 Å². The van der Waals surface area contributed by atoms with Crippen LogP contribution in [0.4, 0.5) is 0 Å². The Kier molecular flexibility index (Phi) is 9.61. The standard InChI is InChI=1S/C4H4N2.2BrH/c1-2-4-6-5-3-1;;/h1-4H;2*1H. The number of aromatic nitrogens is 2. The number of rotatable bonds is 0. The van der Waals surface area contributed by atoms with Gasteiger partial charge < -0.3 is 0 Å². The Morgan fingerprint density at radius 3 is 1.25 bits per heavy atom. The molecule has 0 aliphatic heterocycles. The molecule has 4 heteroatoms. The predicted molar refractivity (Wildman–Crippen MR) is 42.7 cm³/mol. The van der Waals surface area contributed by atoms with Crippen molar-refractivity contribution < 1.29 is 0 Å². The normalized spacial score (nSPS) is 6.00. The molecule has 0 amide bonds. The maximum Gasteiger partial charge on any atom is 0.0496 e. The summed E-state index contributed by atoms with van der Waals surface area (Å²) < 4.78 is 0. The van der Waals surface area contributed by atoms with Crippen LogP contribution in [0.5, 0.6) is 0 Å². The Morgan fingerprint density at radius 2 is 1.12 bits per heavy atom. The first-order valence-electron chi connectivity index (χ1n) is 1.72. The lowest BCUT2D eigenvalue weighted by Crippen LogP contribution is -1.69. The van der Waals surface area contributed by atoms with Crippen LogP contribution in [0.25, 0.3) is 0 Å². The Hall–Kier alpha value is 0.0400. The van der Waals surface area contributed by atoms with Gasteiger partial charge in [-0.25, -0.2) is 0 Å². The highest BCUT2D eigenvalue weighted by molar-refractivity contribution is 8.93. The van der Waals surface area contributed by atoms with Gasteiger partial charge in [0, 0.05) is 12.4 Å². The van der Waals surface area contributed by atoms with Crippen molar-refractivity contribution in [3.8, 4) is 0 Å². The monoisotopic (exact) mass is 240 g/mol. The molecule has 1 heterocycles. The van der Waals surface area contributed by atoms with Crippen LogP contribution in [0.15, 0.2) is 24.5 Å².